The predicted molar refractivity (Wildman–Crippen MR) is 92.3 cm³/mol. The second-order valence-electron chi connectivity index (χ2n) is 7.67. The number of H-pyrrole nitrogens is 1. The maximum atomic E-state index is 12.5. The average molecular weight is 331 g/mol. The van der Waals surface area contributed by atoms with Crippen molar-refractivity contribution in [2.75, 3.05) is 32.7 Å². The van der Waals surface area contributed by atoms with Crippen LogP contribution in [-0.4, -0.2) is 64.4 Å². The first-order valence-corrected chi connectivity index (χ1v) is 9.50. The Morgan fingerprint density at radius 2 is 2.08 bits per heavy atom. The normalized spacial score (nSPS) is 29.7. The van der Waals surface area contributed by atoms with E-state index >= 15 is 0 Å². The van der Waals surface area contributed by atoms with Crippen LogP contribution in [-0.2, 0) is 11.3 Å². The molecule has 3 aliphatic rings. The molecule has 0 aliphatic carbocycles. The third kappa shape index (κ3) is 3.49. The van der Waals surface area contributed by atoms with Crippen molar-refractivity contribution >= 4 is 5.91 Å². The summed E-state index contributed by atoms with van der Waals surface area (Å²) in [4.78, 5) is 24.9. The van der Waals surface area contributed by atoms with Crippen molar-refractivity contribution in [2.24, 2.45) is 11.8 Å². The lowest BCUT2D eigenvalue weighted by atomic mass is 9.82. The number of imidazole rings is 1. The van der Waals surface area contributed by atoms with E-state index in [1.807, 2.05) is 12.4 Å². The number of amides is 1. The summed E-state index contributed by atoms with van der Waals surface area (Å²) in [5.74, 6) is 2.77. The van der Waals surface area contributed by atoms with Crippen LogP contribution in [0, 0.1) is 11.8 Å². The lowest BCUT2D eigenvalue weighted by Crippen LogP contribution is -2.57. The largest absolute Gasteiger partial charge is 0.348 e. The third-order valence-electron chi connectivity index (χ3n) is 6.07. The highest BCUT2D eigenvalue weighted by Crippen LogP contribution is 2.33. The Bertz CT molecular complexity index is 540. The number of hydrogen-bond acceptors (Lipinski definition) is 4. The summed E-state index contributed by atoms with van der Waals surface area (Å²) in [6.07, 6.45) is 9.05. The number of nitrogens with zero attached hydrogens (tertiary/aromatic N) is 3. The van der Waals surface area contributed by atoms with Crippen LogP contribution >= 0.6 is 0 Å². The molecule has 24 heavy (non-hydrogen) atoms. The summed E-state index contributed by atoms with van der Waals surface area (Å²) in [5, 5.41) is 3.43. The molecule has 1 aromatic heterocycles. The van der Waals surface area contributed by atoms with E-state index < -0.39 is 0 Å². The van der Waals surface area contributed by atoms with Crippen LogP contribution in [0.1, 0.15) is 37.9 Å². The molecule has 2 N–H and O–H groups in total. The number of carbonyl (C=O) groups is 1. The van der Waals surface area contributed by atoms with E-state index in [0.717, 1.165) is 64.4 Å². The van der Waals surface area contributed by atoms with Crippen LogP contribution in [0.2, 0.25) is 0 Å². The molecule has 0 radical (unpaired) electrons. The highest BCUT2D eigenvalue weighted by molar-refractivity contribution is 5.77. The van der Waals surface area contributed by atoms with Crippen LogP contribution in [0.3, 0.4) is 0 Å². The van der Waals surface area contributed by atoms with Crippen LogP contribution in [0.5, 0.6) is 0 Å². The van der Waals surface area contributed by atoms with Crippen molar-refractivity contribution in [3.8, 4) is 0 Å². The molecule has 1 amide bonds. The van der Waals surface area contributed by atoms with Crippen molar-refractivity contribution in [3.05, 3.63) is 18.2 Å². The molecular formula is C18H29N5O. The van der Waals surface area contributed by atoms with Crippen molar-refractivity contribution < 1.29 is 4.79 Å². The van der Waals surface area contributed by atoms with Crippen molar-refractivity contribution in [2.45, 2.75) is 44.7 Å². The molecule has 6 nitrogen and oxygen atoms in total. The minimum absolute atomic E-state index is 0.397. The number of piperidine rings is 3. The van der Waals surface area contributed by atoms with Gasteiger partial charge in [0.2, 0.25) is 5.91 Å². The molecule has 0 saturated carbocycles. The highest BCUT2D eigenvalue weighted by Gasteiger charge is 2.40. The van der Waals surface area contributed by atoms with Gasteiger partial charge in [0.1, 0.15) is 5.82 Å². The molecule has 0 aromatic carbocycles. The van der Waals surface area contributed by atoms with Crippen molar-refractivity contribution in [1.29, 1.82) is 0 Å². The van der Waals surface area contributed by atoms with Crippen molar-refractivity contribution in [1.82, 2.24) is 25.1 Å². The Kier molecular flexibility index (Phi) is 4.85. The molecule has 0 spiro atoms. The first kappa shape index (κ1) is 16.1. The fraction of sp³-hybridized carbons (Fsp3) is 0.778. The zero-order valence-electron chi connectivity index (χ0n) is 14.4. The van der Waals surface area contributed by atoms with Crippen LogP contribution in [0.25, 0.3) is 0 Å². The third-order valence-corrected chi connectivity index (χ3v) is 6.07. The van der Waals surface area contributed by atoms with E-state index in [1.165, 1.54) is 12.8 Å². The van der Waals surface area contributed by atoms with Gasteiger partial charge in [-0.15, -0.1) is 0 Å². The van der Waals surface area contributed by atoms with Crippen LogP contribution < -0.4 is 5.32 Å². The fourth-order valence-corrected chi connectivity index (χ4v) is 4.75. The molecule has 0 unspecified atom stereocenters. The summed E-state index contributed by atoms with van der Waals surface area (Å²) in [5.41, 5.74) is 0. The summed E-state index contributed by atoms with van der Waals surface area (Å²) in [7, 11) is 0. The SMILES string of the molecule is O=C1CC[C@H]2CN(Cc3ncc[nH]3)CC[C@H]2N1CC1CCNCC1. The van der Waals surface area contributed by atoms with E-state index in [0.29, 0.717) is 23.8 Å². The van der Waals surface area contributed by atoms with Gasteiger partial charge < -0.3 is 15.2 Å². The predicted octanol–water partition coefficient (Wildman–Crippen LogP) is 1.22. The zero-order valence-corrected chi connectivity index (χ0v) is 14.4. The Hall–Kier alpha value is -1.40. The maximum Gasteiger partial charge on any atom is 0.222 e. The van der Waals surface area contributed by atoms with E-state index in [2.05, 4.69) is 25.1 Å². The van der Waals surface area contributed by atoms with Crippen LogP contribution in [0.4, 0.5) is 0 Å². The van der Waals surface area contributed by atoms with Gasteiger partial charge in [0.25, 0.3) is 0 Å². The number of carbonyl (C=O) groups excluding carboxylic acids is 1. The number of aromatic nitrogens is 2. The second kappa shape index (κ2) is 7.23. The minimum Gasteiger partial charge on any atom is -0.348 e. The number of likely N-dealkylation sites (tertiary alicyclic amines) is 2. The zero-order chi connectivity index (χ0) is 16.4. The minimum atomic E-state index is 0.397. The van der Waals surface area contributed by atoms with Gasteiger partial charge in [-0.25, -0.2) is 4.98 Å². The molecule has 0 bridgehead atoms. The number of rotatable bonds is 4. The molecule has 132 valence electrons. The highest BCUT2D eigenvalue weighted by atomic mass is 16.2. The van der Waals surface area contributed by atoms with Gasteiger partial charge in [0, 0.05) is 44.5 Å². The number of nitrogens with one attached hydrogen (secondary N) is 2. The molecule has 4 heterocycles. The van der Waals surface area contributed by atoms with Gasteiger partial charge in [0.05, 0.1) is 6.54 Å². The monoisotopic (exact) mass is 331 g/mol. The smallest absolute Gasteiger partial charge is 0.222 e. The number of hydrogen-bond donors (Lipinski definition) is 2. The maximum absolute atomic E-state index is 12.5. The lowest BCUT2D eigenvalue weighted by molar-refractivity contribution is -0.142. The number of fused-ring (bicyclic) bond motifs is 1. The van der Waals surface area contributed by atoms with E-state index in [1.54, 1.807) is 0 Å². The lowest BCUT2D eigenvalue weighted by Gasteiger charge is -2.48. The quantitative estimate of drug-likeness (QED) is 0.871. The van der Waals surface area contributed by atoms with Gasteiger partial charge >= 0.3 is 0 Å². The second-order valence-corrected chi connectivity index (χ2v) is 7.67. The molecule has 3 aliphatic heterocycles. The summed E-state index contributed by atoms with van der Waals surface area (Å²) < 4.78 is 0. The Morgan fingerprint density at radius 3 is 2.88 bits per heavy atom. The summed E-state index contributed by atoms with van der Waals surface area (Å²) >= 11 is 0. The molecule has 1 aromatic rings. The summed E-state index contributed by atoms with van der Waals surface area (Å²) in [6.45, 7) is 6.27. The van der Waals surface area contributed by atoms with Crippen molar-refractivity contribution in [3.63, 3.8) is 0 Å². The van der Waals surface area contributed by atoms with E-state index in [9.17, 15) is 4.79 Å². The molecule has 3 fully saturated rings. The Morgan fingerprint density at radius 1 is 1.21 bits per heavy atom. The Balaban J connectivity index is 1.37. The first-order valence-electron chi connectivity index (χ1n) is 9.50. The van der Waals surface area contributed by atoms with E-state index in [4.69, 9.17) is 0 Å². The topological polar surface area (TPSA) is 64.3 Å². The summed E-state index contributed by atoms with van der Waals surface area (Å²) in [6, 6.07) is 0.467. The van der Waals surface area contributed by atoms with Gasteiger partial charge in [-0.2, -0.15) is 0 Å². The number of aromatic amines is 1. The fourth-order valence-electron chi connectivity index (χ4n) is 4.75. The average Bonchev–Trinajstić information content (AvgIpc) is 3.11. The molecule has 6 heteroatoms. The first-order chi connectivity index (χ1) is 11.8. The molecule has 3 saturated heterocycles. The van der Waals surface area contributed by atoms with Crippen LogP contribution in [0.15, 0.2) is 12.4 Å². The van der Waals surface area contributed by atoms with Gasteiger partial charge in [-0.1, -0.05) is 0 Å². The standard InChI is InChI=1S/C18H29N5O/c24-18-2-1-15-12-22(13-17-20-8-9-21-17)10-5-16(15)23(18)11-14-3-6-19-7-4-14/h8-9,14-16,19H,1-7,10-13H2,(H,20,21)/t15-,16+/m0/s1. The van der Waals surface area contributed by atoms with Gasteiger partial charge in [0.15, 0.2) is 0 Å². The Labute approximate surface area is 144 Å². The van der Waals surface area contributed by atoms with E-state index in [-0.39, 0.29) is 0 Å². The molecule has 4 rings (SSSR count). The molecule has 2 atom stereocenters. The molecular weight excluding hydrogens is 302 g/mol. The van der Waals surface area contributed by atoms with Gasteiger partial charge in [-0.05, 0) is 50.6 Å². The van der Waals surface area contributed by atoms with Gasteiger partial charge in [-0.3, -0.25) is 9.69 Å².